The molecule has 132 valence electrons. The number of benzene rings is 1. The molecule has 0 aliphatic carbocycles. The summed E-state index contributed by atoms with van der Waals surface area (Å²) < 4.78 is 5.71. The number of ether oxygens (including phenoxy) is 1. The second-order valence-corrected chi connectivity index (χ2v) is 6.34. The predicted molar refractivity (Wildman–Crippen MR) is 105 cm³/mol. The first-order valence-electron chi connectivity index (χ1n) is 9.51. The molecule has 25 heavy (non-hydrogen) atoms. The highest BCUT2D eigenvalue weighted by Crippen LogP contribution is 2.11. The number of aromatic nitrogens is 1. The van der Waals surface area contributed by atoms with E-state index in [4.69, 9.17) is 4.74 Å². The van der Waals surface area contributed by atoms with Crippen LogP contribution in [0.2, 0.25) is 0 Å². The Morgan fingerprint density at radius 1 is 0.840 bits per heavy atom. The van der Waals surface area contributed by atoms with Gasteiger partial charge in [0.1, 0.15) is 11.4 Å². The molecule has 0 aliphatic heterocycles. The molecule has 2 nitrogen and oxygen atoms in total. The van der Waals surface area contributed by atoms with Crippen LogP contribution in [-0.4, -0.2) is 11.6 Å². The van der Waals surface area contributed by atoms with Crippen molar-refractivity contribution >= 4 is 0 Å². The average molecular weight is 335 g/mol. The Morgan fingerprint density at radius 3 is 2.32 bits per heavy atom. The SMILES string of the molecule is CCCCCCOc1ccc(C#Cc2ccc(CCCC)cc2)nc1. The lowest BCUT2D eigenvalue weighted by atomic mass is 10.1. The molecule has 0 aliphatic rings. The molecule has 0 amide bonds. The number of rotatable bonds is 9. The monoisotopic (exact) mass is 335 g/mol. The van der Waals surface area contributed by atoms with Gasteiger partial charge >= 0.3 is 0 Å². The maximum absolute atomic E-state index is 5.71. The molecule has 2 rings (SSSR count). The van der Waals surface area contributed by atoms with Gasteiger partial charge in [0.25, 0.3) is 0 Å². The van der Waals surface area contributed by atoms with Crippen molar-refractivity contribution in [3.05, 3.63) is 59.4 Å². The molecule has 0 atom stereocenters. The third-order valence-corrected chi connectivity index (χ3v) is 4.11. The van der Waals surface area contributed by atoms with Crippen LogP contribution in [0.15, 0.2) is 42.6 Å². The van der Waals surface area contributed by atoms with E-state index in [1.807, 2.05) is 12.1 Å². The molecule has 1 aromatic heterocycles. The summed E-state index contributed by atoms with van der Waals surface area (Å²) in [5, 5.41) is 0. The maximum Gasteiger partial charge on any atom is 0.137 e. The van der Waals surface area contributed by atoms with Gasteiger partial charge in [-0.1, -0.05) is 57.6 Å². The van der Waals surface area contributed by atoms with Crippen molar-refractivity contribution in [3.63, 3.8) is 0 Å². The fourth-order valence-electron chi connectivity index (χ4n) is 2.53. The van der Waals surface area contributed by atoms with Crippen molar-refractivity contribution in [1.82, 2.24) is 4.98 Å². The van der Waals surface area contributed by atoms with Crippen LogP contribution in [-0.2, 0) is 6.42 Å². The van der Waals surface area contributed by atoms with E-state index in [2.05, 4.69) is 54.9 Å². The molecule has 0 unspecified atom stereocenters. The summed E-state index contributed by atoms with van der Waals surface area (Å²) in [7, 11) is 0. The molecule has 1 heterocycles. The fraction of sp³-hybridized carbons (Fsp3) is 0.435. The molecule has 2 heteroatoms. The molecular weight excluding hydrogens is 306 g/mol. The zero-order valence-corrected chi connectivity index (χ0v) is 15.6. The zero-order chi connectivity index (χ0) is 17.7. The number of hydrogen-bond donors (Lipinski definition) is 0. The maximum atomic E-state index is 5.71. The van der Waals surface area contributed by atoms with Gasteiger partial charge in [0.05, 0.1) is 12.8 Å². The third kappa shape index (κ3) is 7.44. The number of hydrogen-bond acceptors (Lipinski definition) is 2. The minimum Gasteiger partial charge on any atom is -0.492 e. The van der Waals surface area contributed by atoms with Crippen LogP contribution in [0.4, 0.5) is 0 Å². The van der Waals surface area contributed by atoms with Crippen molar-refractivity contribution in [1.29, 1.82) is 0 Å². The summed E-state index contributed by atoms with van der Waals surface area (Å²) in [6, 6.07) is 12.4. The molecule has 0 spiro atoms. The Morgan fingerprint density at radius 2 is 1.64 bits per heavy atom. The van der Waals surface area contributed by atoms with Crippen LogP contribution in [0.1, 0.15) is 69.2 Å². The van der Waals surface area contributed by atoms with Crippen LogP contribution in [0.5, 0.6) is 5.75 Å². The molecule has 0 saturated heterocycles. The first-order chi connectivity index (χ1) is 12.3. The van der Waals surface area contributed by atoms with Crippen molar-refractivity contribution in [2.75, 3.05) is 6.61 Å². The summed E-state index contributed by atoms with van der Waals surface area (Å²) >= 11 is 0. The van der Waals surface area contributed by atoms with Crippen molar-refractivity contribution in [2.45, 2.75) is 58.8 Å². The fourth-order valence-corrected chi connectivity index (χ4v) is 2.53. The van der Waals surface area contributed by atoms with Gasteiger partial charge in [-0.25, -0.2) is 4.98 Å². The molecule has 0 bridgehead atoms. The molecule has 2 aromatic rings. The molecule has 0 saturated carbocycles. The average Bonchev–Trinajstić information content (AvgIpc) is 2.66. The minimum absolute atomic E-state index is 0.761. The number of aryl methyl sites for hydroxylation is 1. The Bertz CT molecular complexity index is 662. The van der Waals surface area contributed by atoms with E-state index in [-0.39, 0.29) is 0 Å². The normalized spacial score (nSPS) is 10.2. The highest BCUT2D eigenvalue weighted by molar-refractivity contribution is 5.41. The van der Waals surface area contributed by atoms with E-state index in [0.29, 0.717) is 0 Å². The predicted octanol–water partition coefficient (Wildman–Crippen LogP) is 5.78. The van der Waals surface area contributed by atoms with Crippen LogP contribution in [0.3, 0.4) is 0 Å². The van der Waals surface area contributed by atoms with Crippen LogP contribution in [0.25, 0.3) is 0 Å². The van der Waals surface area contributed by atoms with Crippen molar-refractivity contribution in [2.24, 2.45) is 0 Å². The Kier molecular flexibility index (Phi) is 8.63. The Labute approximate surface area is 152 Å². The van der Waals surface area contributed by atoms with E-state index >= 15 is 0 Å². The van der Waals surface area contributed by atoms with Gasteiger partial charge in [-0.05, 0) is 55.0 Å². The lowest BCUT2D eigenvalue weighted by Gasteiger charge is -2.05. The highest BCUT2D eigenvalue weighted by Gasteiger charge is 1.96. The lowest BCUT2D eigenvalue weighted by molar-refractivity contribution is 0.304. The smallest absolute Gasteiger partial charge is 0.137 e. The minimum atomic E-state index is 0.761. The zero-order valence-electron chi connectivity index (χ0n) is 15.6. The van der Waals surface area contributed by atoms with Gasteiger partial charge in [0, 0.05) is 5.56 Å². The second kappa shape index (κ2) is 11.3. The molecule has 0 fully saturated rings. The molecular formula is C23H29NO. The van der Waals surface area contributed by atoms with E-state index in [9.17, 15) is 0 Å². The van der Waals surface area contributed by atoms with E-state index < -0.39 is 0 Å². The summed E-state index contributed by atoms with van der Waals surface area (Å²) in [5.74, 6) is 7.12. The van der Waals surface area contributed by atoms with Crippen molar-refractivity contribution in [3.8, 4) is 17.6 Å². The second-order valence-electron chi connectivity index (χ2n) is 6.34. The Hall–Kier alpha value is -2.27. The third-order valence-electron chi connectivity index (χ3n) is 4.11. The van der Waals surface area contributed by atoms with Gasteiger partial charge in [0.2, 0.25) is 0 Å². The quantitative estimate of drug-likeness (QED) is 0.428. The van der Waals surface area contributed by atoms with E-state index in [1.54, 1.807) is 6.20 Å². The van der Waals surface area contributed by atoms with E-state index in [1.165, 1.54) is 37.7 Å². The van der Waals surface area contributed by atoms with E-state index in [0.717, 1.165) is 36.5 Å². The van der Waals surface area contributed by atoms with Gasteiger partial charge in [-0.3, -0.25) is 0 Å². The summed E-state index contributed by atoms with van der Waals surface area (Å²) in [5.41, 5.74) is 3.18. The number of pyridine rings is 1. The first kappa shape index (κ1) is 19.1. The first-order valence-corrected chi connectivity index (χ1v) is 9.51. The van der Waals surface area contributed by atoms with Gasteiger partial charge in [-0.2, -0.15) is 0 Å². The Balaban J connectivity index is 1.83. The van der Waals surface area contributed by atoms with Gasteiger partial charge in [-0.15, -0.1) is 0 Å². The number of nitrogens with zero attached hydrogens (tertiary/aromatic N) is 1. The van der Waals surface area contributed by atoms with Crippen LogP contribution in [0, 0.1) is 11.8 Å². The standard InChI is InChI=1S/C23H29NO/c1-3-5-7-8-18-25-23-17-16-22(24-19-23)15-14-21-12-10-20(11-13-21)9-6-4-2/h10-13,16-17,19H,3-9,18H2,1-2H3. The molecule has 0 radical (unpaired) electrons. The lowest BCUT2D eigenvalue weighted by Crippen LogP contribution is -1.97. The van der Waals surface area contributed by atoms with Gasteiger partial charge < -0.3 is 4.74 Å². The van der Waals surface area contributed by atoms with Gasteiger partial charge in [0.15, 0.2) is 0 Å². The topological polar surface area (TPSA) is 22.1 Å². The summed E-state index contributed by atoms with van der Waals surface area (Å²) in [6.45, 7) is 5.19. The molecule has 1 aromatic carbocycles. The van der Waals surface area contributed by atoms with Crippen LogP contribution >= 0.6 is 0 Å². The summed E-state index contributed by atoms with van der Waals surface area (Å²) in [6.07, 6.45) is 10.2. The molecule has 0 N–H and O–H groups in total. The number of unbranched alkanes of at least 4 members (excludes halogenated alkanes) is 4. The summed E-state index contributed by atoms with van der Waals surface area (Å²) in [4.78, 5) is 4.37. The highest BCUT2D eigenvalue weighted by atomic mass is 16.5. The largest absolute Gasteiger partial charge is 0.492 e. The van der Waals surface area contributed by atoms with Crippen LogP contribution < -0.4 is 4.74 Å². The van der Waals surface area contributed by atoms with Crippen molar-refractivity contribution < 1.29 is 4.74 Å².